The molecule has 3 unspecified atom stereocenters. The number of alkyl halides is 1. The zero-order valence-electron chi connectivity index (χ0n) is 7.00. The number of carboxylic acid groups (broad SMARTS) is 1. The van der Waals surface area contributed by atoms with E-state index in [1.54, 1.807) is 0 Å². The lowest BCUT2D eigenvalue weighted by molar-refractivity contribution is -0.146. The van der Waals surface area contributed by atoms with Crippen LogP contribution >= 0.6 is 0 Å². The highest BCUT2D eigenvalue weighted by Gasteiger charge is 2.35. The lowest BCUT2D eigenvalue weighted by atomic mass is 9.86. The van der Waals surface area contributed by atoms with E-state index in [2.05, 4.69) is 0 Å². The van der Waals surface area contributed by atoms with Crippen LogP contribution in [-0.2, 0) is 9.53 Å². The standard InChI is InChI=1S/C8H13FO3/c1-12-5-2-3-6(8(10)11)7(9)4-5/h5-7H,2-4H2,1H3,(H,10,11). The van der Waals surface area contributed by atoms with Crippen LogP contribution in [0.25, 0.3) is 0 Å². The van der Waals surface area contributed by atoms with Gasteiger partial charge in [0.25, 0.3) is 0 Å². The average Bonchev–Trinajstić information content (AvgIpc) is 2.03. The Morgan fingerprint density at radius 1 is 1.58 bits per heavy atom. The molecule has 0 spiro atoms. The second kappa shape index (κ2) is 3.85. The third kappa shape index (κ3) is 1.94. The Bertz CT molecular complexity index is 172. The molecule has 1 aliphatic rings. The Morgan fingerprint density at radius 2 is 2.25 bits per heavy atom. The van der Waals surface area contributed by atoms with Crippen molar-refractivity contribution in [3.63, 3.8) is 0 Å². The van der Waals surface area contributed by atoms with E-state index in [4.69, 9.17) is 9.84 Å². The molecule has 1 fully saturated rings. The van der Waals surface area contributed by atoms with Crippen LogP contribution in [0.15, 0.2) is 0 Å². The minimum Gasteiger partial charge on any atom is -0.481 e. The number of hydrogen-bond acceptors (Lipinski definition) is 2. The summed E-state index contributed by atoms with van der Waals surface area (Å²) < 4.78 is 18.0. The largest absolute Gasteiger partial charge is 0.481 e. The normalized spacial score (nSPS) is 36.3. The summed E-state index contributed by atoms with van der Waals surface area (Å²) in [6, 6.07) is 0. The molecule has 70 valence electrons. The fourth-order valence-corrected chi connectivity index (χ4v) is 1.57. The van der Waals surface area contributed by atoms with E-state index < -0.39 is 18.1 Å². The number of rotatable bonds is 2. The average molecular weight is 176 g/mol. The summed E-state index contributed by atoms with van der Waals surface area (Å²) in [5.41, 5.74) is 0. The van der Waals surface area contributed by atoms with E-state index in [0.717, 1.165) is 0 Å². The van der Waals surface area contributed by atoms with Crippen LogP contribution in [0.3, 0.4) is 0 Å². The molecular formula is C8H13FO3. The first-order chi connectivity index (χ1) is 5.65. The molecule has 0 bridgehead atoms. The number of carbonyl (C=O) groups is 1. The maximum atomic E-state index is 13.1. The molecule has 1 saturated carbocycles. The highest BCUT2D eigenvalue weighted by molar-refractivity contribution is 5.70. The van der Waals surface area contributed by atoms with E-state index in [-0.39, 0.29) is 12.5 Å². The molecule has 0 aromatic carbocycles. The maximum Gasteiger partial charge on any atom is 0.309 e. The third-order valence-corrected chi connectivity index (χ3v) is 2.37. The summed E-state index contributed by atoms with van der Waals surface area (Å²) >= 11 is 0. The Hall–Kier alpha value is -0.640. The second-order valence-corrected chi connectivity index (χ2v) is 3.13. The highest BCUT2D eigenvalue weighted by atomic mass is 19.1. The SMILES string of the molecule is COC1CCC(C(=O)O)C(F)C1. The lowest BCUT2D eigenvalue weighted by Gasteiger charge is -2.28. The van der Waals surface area contributed by atoms with Gasteiger partial charge in [-0.05, 0) is 12.8 Å². The molecule has 3 nitrogen and oxygen atoms in total. The van der Waals surface area contributed by atoms with Gasteiger partial charge in [0.1, 0.15) is 6.17 Å². The van der Waals surface area contributed by atoms with Gasteiger partial charge in [0.2, 0.25) is 0 Å². The van der Waals surface area contributed by atoms with Gasteiger partial charge in [-0.2, -0.15) is 0 Å². The molecular weight excluding hydrogens is 163 g/mol. The van der Waals surface area contributed by atoms with Crippen molar-refractivity contribution >= 4 is 5.97 Å². The van der Waals surface area contributed by atoms with Gasteiger partial charge in [0, 0.05) is 13.5 Å². The summed E-state index contributed by atoms with van der Waals surface area (Å²) in [6.45, 7) is 0. The first kappa shape index (κ1) is 9.45. The minimum atomic E-state index is -1.25. The van der Waals surface area contributed by atoms with Gasteiger partial charge < -0.3 is 9.84 Å². The molecule has 1 rings (SSSR count). The lowest BCUT2D eigenvalue weighted by Crippen LogP contribution is -2.34. The van der Waals surface area contributed by atoms with Gasteiger partial charge >= 0.3 is 5.97 Å². The van der Waals surface area contributed by atoms with Crippen LogP contribution in [0.5, 0.6) is 0 Å². The summed E-state index contributed by atoms with van der Waals surface area (Å²) in [5.74, 6) is -1.85. The van der Waals surface area contributed by atoms with Crippen LogP contribution in [0.4, 0.5) is 4.39 Å². The minimum absolute atomic E-state index is 0.101. The Labute approximate surface area is 70.5 Å². The van der Waals surface area contributed by atoms with E-state index in [0.29, 0.717) is 12.8 Å². The van der Waals surface area contributed by atoms with Crippen molar-refractivity contribution in [1.29, 1.82) is 0 Å². The molecule has 0 radical (unpaired) electrons. The van der Waals surface area contributed by atoms with Crippen molar-refractivity contribution in [2.45, 2.75) is 31.5 Å². The van der Waals surface area contributed by atoms with Crippen molar-refractivity contribution in [1.82, 2.24) is 0 Å². The zero-order chi connectivity index (χ0) is 9.14. The topological polar surface area (TPSA) is 46.5 Å². The van der Waals surface area contributed by atoms with Crippen LogP contribution < -0.4 is 0 Å². The van der Waals surface area contributed by atoms with Crippen LogP contribution in [-0.4, -0.2) is 30.5 Å². The monoisotopic (exact) mass is 176 g/mol. The first-order valence-electron chi connectivity index (χ1n) is 4.04. The first-order valence-corrected chi connectivity index (χ1v) is 4.04. The van der Waals surface area contributed by atoms with Crippen LogP contribution in [0.1, 0.15) is 19.3 Å². The third-order valence-electron chi connectivity index (χ3n) is 2.37. The summed E-state index contributed by atoms with van der Waals surface area (Å²) in [6.07, 6.45) is -0.104. The molecule has 12 heavy (non-hydrogen) atoms. The van der Waals surface area contributed by atoms with E-state index in [9.17, 15) is 9.18 Å². The zero-order valence-corrected chi connectivity index (χ0v) is 7.00. The summed E-state index contributed by atoms with van der Waals surface area (Å²) in [7, 11) is 1.53. The van der Waals surface area contributed by atoms with Crippen molar-refractivity contribution in [2.75, 3.05) is 7.11 Å². The van der Waals surface area contributed by atoms with Gasteiger partial charge in [0.05, 0.1) is 12.0 Å². The Morgan fingerprint density at radius 3 is 2.67 bits per heavy atom. The van der Waals surface area contributed by atoms with Gasteiger partial charge in [0.15, 0.2) is 0 Å². The highest BCUT2D eigenvalue weighted by Crippen LogP contribution is 2.28. The molecule has 0 amide bonds. The number of aliphatic carboxylic acids is 1. The molecule has 0 heterocycles. The molecule has 3 atom stereocenters. The van der Waals surface area contributed by atoms with Gasteiger partial charge in [-0.3, -0.25) is 4.79 Å². The Kier molecular flexibility index (Phi) is 3.03. The molecule has 0 aliphatic heterocycles. The van der Waals surface area contributed by atoms with Gasteiger partial charge in [-0.15, -0.1) is 0 Å². The fraction of sp³-hybridized carbons (Fsp3) is 0.875. The predicted octanol–water partition coefficient (Wildman–Crippen LogP) is 1.22. The van der Waals surface area contributed by atoms with E-state index in [1.165, 1.54) is 7.11 Å². The summed E-state index contributed by atoms with van der Waals surface area (Å²) in [4.78, 5) is 10.5. The van der Waals surface area contributed by atoms with Crippen molar-refractivity contribution in [3.05, 3.63) is 0 Å². The van der Waals surface area contributed by atoms with Crippen molar-refractivity contribution < 1.29 is 19.0 Å². The molecule has 0 aromatic rings. The smallest absolute Gasteiger partial charge is 0.309 e. The molecule has 4 heteroatoms. The molecule has 1 N–H and O–H groups in total. The molecule has 1 aliphatic carbocycles. The number of carboxylic acids is 1. The quantitative estimate of drug-likeness (QED) is 0.688. The number of halogens is 1. The second-order valence-electron chi connectivity index (χ2n) is 3.13. The molecule has 0 saturated heterocycles. The summed E-state index contributed by atoms with van der Waals surface area (Å²) in [5, 5.41) is 8.59. The maximum absolute atomic E-state index is 13.1. The van der Waals surface area contributed by atoms with Crippen LogP contribution in [0, 0.1) is 5.92 Å². The predicted molar refractivity (Wildman–Crippen MR) is 40.7 cm³/mol. The Balaban J connectivity index is 2.47. The molecule has 0 aromatic heterocycles. The number of ether oxygens (including phenoxy) is 1. The van der Waals surface area contributed by atoms with Crippen LogP contribution in [0.2, 0.25) is 0 Å². The fourth-order valence-electron chi connectivity index (χ4n) is 1.57. The van der Waals surface area contributed by atoms with Gasteiger partial charge in [-0.1, -0.05) is 0 Å². The van der Waals surface area contributed by atoms with Gasteiger partial charge in [-0.25, -0.2) is 4.39 Å². The van der Waals surface area contributed by atoms with Crippen molar-refractivity contribution in [2.24, 2.45) is 5.92 Å². The number of methoxy groups -OCH3 is 1. The van der Waals surface area contributed by atoms with E-state index in [1.807, 2.05) is 0 Å². The van der Waals surface area contributed by atoms with E-state index >= 15 is 0 Å². The van der Waals surface area contributed by atoms with Crippen molar-refractivity contribution in [3.8, 4) is 0 Å². The number of hydrogen-bond donors (Lipinski definition) is 1.